The second kappa shape index (κ2) is 5.83. The molecule has 0 aromatic carbocycles. The van der Waals surface area contributed by atoms with Gasteiger partial charge in [-0.1, -0.05) is 52.5 Å². The lowest BCUT2D eigenvalue weighted by Crippen LogP contribution is -2.51. The van der Waals surface area contributed by atoms with E-state index < -0.39 is 17.0 Å². The van der Waals surface area contributed by atoms with Gasteiger partial charge in [0.2, 0.25) is 0 Å². The summed E-state index contributed by atoms with van der Waals surface area (Å²) >= 11 is 0. The molecular formula is C13H31NSi2. The van der Waals surface area contributed by atoms with Crippen LogP contribution in [0, 0.1) is 0 Å². The van der Waals surface area contributed by atoms with Crippen LogP contribution in [0.3, 0.4) is 0 Å². The third-order valence-corrected chi connectivity index (χ3v) is 9.61. The SMILES string of the molecule is CC1CCCC(C)N1[SiH](C)CC[Si](C)(C)C. The van der Waals surface area contributed by atoms with Crippen LogP contribution in [-0.2, 0) is 0 Å². The van der Waals surface area contributed by atoms with Gasteiger partial charge in [0.1, 0.15) is 8.96 Å². The summed E-state index contributed by atoms with van der Waals surface area (Å²) in [6.07, 6.45) is 4.33. The lowest BCUT2D eigenvalue weighted by molar-refractivity contribution is 0.200. The van der Waals surface area contributed by atoms with Crippen LogP contribution in [0.25, 0.3) is 0 Å². The Morgan fingerprint density at radius 1 is 1.12 bits per heavy atom. The fourth-order valence-corrected chi connectivity index (χ4v) is 10.6. The van der Waals surface area contributed by atoms with Gasteiger partial charge in [-0.3, -0.25) is 0 Å². The third kappa shape index (κ3) is 4.34. The van der Waals surface area contributed by atoms with Gasteiger partial charge in [-0.05, 0) is 18.9 Å². The van der Waals surface area contributed by atoms with Crippen molar-refractivity contribution in [2.45, 2.75) is 83.5 Å². The van der Waals surface area contributed by atoms with E-state index in [1.807, 2.05) is 0 Å². The third-order valence-electron chi connectivity index (χ3n) is 4.08. The monoisotopic (exact) mass is 257 g/mol. The van der Waals surface area contributed by atoms with Crippen molar-refractivity contribution in [2.24, 2.45) is 0 Å². The minimum Gasteiger partial charge on any atom is -0.322 e. The molecule has 1 heterocycles. The molecule has 1 nitrogen and oxygen atoms in total. The van der Waals surface area contributed by atoms with Crippen LogP contribution in [0.5, 0.6) is 0 Å². The average Bonchev–Trinajstić information content (AvgIpc) is 2.13. The highest BCUT2D eigenvalue weighted by molar-refractivity contribution is 6.77. The molecule has 0 aliphatic carbocycles. The topological polar surface area (TPSA) is 3.24 Å². The largest absolute Gasteiger partial charge is 0.322 e. The normalized spacial score (nSPS) is 30.4. The van der Waals surface area contributed by atoms with Crippen molar-refractivity contribution < 1.29 is 0 Å². The number of rotatable bonds is 4. The molecular weight excluding hydrogens is 226 g/mol. The van der Waals surface area contributed by atoms with Crippen molar-refractivity contribution >= 4 is 17.0 Å². The van der Waals surface area contributed by atoms with Gasteiger partial charge in [-0.2, -0.15) is 0 Å². The second-order valence-corrected chi connectivity index (χ2v) is 15.5. The van der Waals surface area contributed by atoms with Gasteiger partial charge in [0, 0.05) is 20.2 Å². The van der Waals surface area contributed by atoms with Crippen molar-refractivity contribution in [3.63, 3.8) is 0 Å². The van der Waals surface area contributed by atoms with Crippen LogP contribution in [0.2, 0.25) is 38.3 Å². The van der Waals surface area contributed by atoms with Crippen molar-refractivity contribution in [1.29, 1.82) is 0 Å². The molecule has 1 saturated heterocycles. The Morgan fingerprint density at radius 2 is 1.62 bits per heavy atom. The van der Waals surface area contributed by atoms with Gasteiger partial charge in [0.05, 0.1) is 0 Å². The maximum Gasteiger partial charge on any atom is 0.109 e. The van der Waals surface area contributed by atoms with Crippen molar-refractivity contribution in [1.82, 2.24) is 4.57 Å². The Labute approximate surface area is 105 Å². The van der Waals surface area contributed by atoms with Crippen LogP contribution < -0.4 is 0 Å². The van der Waals surface area contributed by atoms with Gasteiger partial charge in [-0.15, -0.1) is 0 Å². The van der Waals surface area contributed by atoms with Crippen molar-refractivity contribution in [3.05, 3.63) is 0 Å². The number of hydrogen-bond acceptors (Lipinski definition) is 1. The second-order valence-electron chi connectivity index (χ2n) is 7.02. The van der Waals surface area contributed by atoms with E-state index in [9.17, 15) is 0 Å². The maximum absolute atomic E-state index is 2.92. The highest BCUT2D eigenvalue weighted by atomic mass is 28.3. The zero-order chi connectivity index (χ0) is 12.3. The highest BCUT2D eigenvalue weighted by Crippen LogP contribution is 2.26. The molecule has 3 atom stereocenters. The van der Waals surface area contributed by atoms with Gasteiger partial charge >= 0.3 is 0 Å². The molecule has 1 fully saturated rings. The summed E-state index contributed by atoms with van der Waals surface area (Å²) in [4.78, 5) is 0. The van der Waals surface area contributed by atoms with Crippen LogP contribution in [0.15, 0.2) is 0 Å². The van der Waals surface area contributed by atoms with E-state index in [0.29, 0.717) is 0 Å². The fraction of sp³-hybridized carbons (Fsp3) is 1.00. The fourth-order valence-electron chi connectivity index (χ4n) is 3.10. The number of nitrogens with zero attached hydrogens (tertiary/aromatic N) is 1. The van der Waals surface area contributed by atoms with E-state index >= 15 is 0 Å². The van der Waals surface area contributed by atoms with E-state index in [0.717, 1.165) is 12.1 Å². The van der Waals surface area contributed by atoms with Crippen LogP contribution >= 0.6 is 0 Å². The molecule has 0 aromatic rings. The van der Waals surface area contributed by atoms with Gasteiger partial charge < -0.3 is 4.57 Å². The Kier molecular flexibility index (Phi) is 5.26. The quantitative estimate of drug-likeness (QED) is 0.690. The Morgan fingerprint density at radius 3 is 2.06 bits per heavy atom. The molecule has 0 amide bonds. The molecule has 0 radical (unpaired) electrons. The summed E-state index contributed by atoms with van der Waals surface area (Å²) < 4.78 is 2.92. The molecule has 3 heteroatoms. The van der Waals surface area contributed by atoms with E-state index in [4.69, 9.17) is 0 Å². The van der Waals surface area contributed by atoms with Crippen LogP contribution in [-0.4, -0.2) is 33.7 Å². The first-order chi connectivity index (χ1) is 7.31. The minimum atomic E-state index is -0.820. The smallest absolute Gasteiger partial charge is 0.109 e. The Bertz CT molecular complexity index is 202. The van der Waals surface area contributed by atoms with Crippen LogP contribution in [0.1, 0.15) is 33.1 Å². The first kappa shape index (κ1) is 14.5. The molecule has 1 aliphatic heterocycles. The predicted octanol–water partition coefficient (Wildman–Crippen LogP) is 3.94. The highest BCUT2D eigenvalue weighted by Gasteiger charge is 2.29. The van der Waals surface area contributed by atoms with Gasteiger partial charge in [-0.25, -0.2) is 0 Å². The molecule has 0 spiro atoms. The lowest BCUT2D eigenvalue weighted by atomic mass is 10.0. The molecule has 1 aliphatic rings. The van der Waals surface area contributed by atoms with Crippen molar-refractivity contribution in [3.8, 4) is 0 Å². The lowest BCUT2D eigenvalue weighted by Gasteiger charge is -2.43. The summed E-state index contributed by atoms with van der Waals surface area (Å²) in [7, 11) is -1.45. The summed E-state index contributed by atoms with van der Waals surface area (Å²) in [5.41, 5.74) is 0. The zero-order valence-corrected chi connectivity index (χ0v) is 14.4. The molecule has 16 heavy (non-hydrogen) atoms. The molecule has 1 rings (SSSR count). The zero-order valence-electron chi connectivity index (χ0n) is 12.2. The first-order valence-corrected chi connectivity index (χ1v) is 13.3. The molecule has 0 N–H and O–H groups in total. The first-order valence-electron chi connectivity index (χ1n) is 7.08. The number of piperidine rings is 1. The molecule has 0 bridgehead atoms. The standard InChI is InChI=1S/C13H31NSi2/c1-12-8-7-9-13(2)14(12)15(3)10-11-16(4,5)6/h12-13,15H,7-11H2,1-6H3. The Balaban J connectivity index is 2.47. The molecule has 0 saturated carbocycles. The molecule has 3 unspecified atom stereocenters. The maximum atomic E-state index is 2.92. The number of hydrogen-bond donors (Lipinski definition) is 0. The van der Waals surface area contributed by atoms with E-state index in [1.165, 1.54) is 25.3 Å². The Hall–Kier alpha value is 0.394. The minimum absolute atomic E-state index is 0.631. The van der Waals surface area contributed by atoms with Gasteiger partial charge in [0.15, 0.2) is 0 Å². The van der Waals surface area contributed by atoms with E-state index in [2.05, 4.69) is 44.6 Å². The van der Waals surface area contributed by atoms with Crippen molar-refractivity contribution in [2.75, 3.05) is 0 Å². The van der Waals surface area contributed by atoms with E-state index in [1.54, 1.807) is 6.04 Å². The average molecular weight is 258 g/mol. The summed E-state index contributed by atoms with van der Waals surface area (Å²) in [6.45, 7) is 15.0. The summed E-state index contributed by atoms with van der Waals surface area (Å²) in [5, 5.41) is 0. The summed E-state index contributed by atoms with van der Waals surface area (Å²) in [5.74, 6) is 0. The molecule has 96 valence electrons. The van der Waals surface area contributed by atoms with Gasteiger partial charge in [0.25, 0.3) is 0 Å². The van der Waals surface area contributed by atoms with E-state index in [-0.39, 0.29) is 0 Å². The summed E-state index contributed by atoms with van der Waals surface area (Å²) in [6, 6.07) is 4.82. The van der Waals surface area contributed by atoms with Crippen LogP contribution in [0.4, 0.5) is 0 Å². The molecule has 0 aromatic heterocycles. The predicted molar refractivity (Wildman–Crippen MR) is 80.6 cm³/mol.